The molecule has 0 fully saturated rings. The second-order valence-corrected chi connectivity index (χ2v) is 3.20. The number of benzene rings is 1. The van der Waals surface area contributed by atoms with Crippen LogP contribution in [0.4, 0.5) is 13.2 Å². The quantitative estimate of drug-likeness (QED) is 0.838. The Balaban J connectivity index is 2.91. The number of rotatable bonds is 4. The van der Waals surface area contributed by atoms with E-state index in [2.05, 4.69) is 4.74 Å². The fourth-order valence-corrected chi connectivity index (χ4v) is 1.30. The van der Waals surface area contributed by atoms with Crippen LogP contribution in [-0.2, 0) is 0 Å². The van der Waals surface area contributed by atoms with Crippen LogP contribution in [0.15, 0.2) is 24.3 Å². The molecule has 0 radical (unpaired) electrons. The normalized spacial score (nSPS) is 13.6. The molecule has 16 heavy (non-hydrogen) atoms. The van der Waals surface area contributed by atoms with Gasteiger partial charge >= 0.3 is 6.36 Å². The molecule has 0 spiro atoms. The largest absolute Gasteiger partial charge is 0.573 e. The Bertz CT molecular complexity index is 341. The minimum Gasteiger partial charge on any atom is -0.405 e. The van der Waals surface area contributed by atoms with E-state index in [9.17, 15) is 13.2 Å². The highest BCUT2D eigenvalue weighted by molar-refractivity contribution is 5.35. The van der Waals surface area contributed by atoms with Gasteiger partial charge in [-0.3, -0.25) is 0 Å². The van der Waals surface area contributed by atoms with E-state index in [1.54, 1.807) is 6.07 Å². The van der Waals surface area contributed by atoms with E-state index in [0.717, 1.165) is 0 Å². The van der Waals surface area contributed by atoms with Gasteiger partial charge in [0.2, 0.25) is 0 Å². The average molecular weight is 235 g/mol. The van der Waals surface area contributed by atoms with Gasteiger partial charge in [0, 0.05) is 18.2 Å². The fourth-order valence-electron chi connectivity index (χ4n) is 1.30. The first-order valence-electron chi connectivity index (χ1n) is 4.65. The molecule has 0 aromatic heterocycles. The summed E-state index contributed by atoms with van der Waals surface area (Å²) in [6.07, 6.45) is -4.56. The average Bonchev–Trinajstić information content (AvgIpc) is 2.16. The first-order valence-corrected chi connectivity index (χ1v) is 4.65. The van der Waals surface area contributed by atoms with Crippen molar-refractivity contribution in [3.63, 3.8) is 0 Å². The highest BCUT2D eigenvalue weighted by Gasteiger charge is 2.32. The van der Waals surface area contributed by atoms with E-state index in [4.69, 9.17) is 10.8 Å². The third-order valence-corrected chi connectivity index (χ3v) is 1.98. The van der Waals surface area contributed by atoms with Crippen LogP contribution >= 0.6 is 0 Å². The molecule has 6 heteroatoms. The van der Waals surface area contributed by atoms with Crippen molar-refractivity contribution in [1.82, 2.24) is 0 Å². The monoisotopic (exact) mass is 235 g/mol. The molecule has 0 saturated carbocycles. The number of hydrogen-bond donors (Lipinski definition) is 2. The van der Waals surface area contributed by atoms with Crippen molar-refractivity contribution < 1.29 is 23.0 Å². The third-order valence-electron chi connectivity index (χ3n) is 1.98. The van der Waals surface area contributed by atoms with Crippen molar-refractivity contribution in [2.24, 2.45) is 5.73 Å². The van der Waals surface area contributed by atoms with E-state index in [1.807, 2.05) is 0 Å². The second kappa shape index (κ2) is 5.18. The molecule has 90 valence electrons. The Kier molecular flexibility index (Phi) is 4.14. The molecule has 1 aromatic rings. The van der Waals surface area contributed by atoms with Crippen LogP contribution in [0.3, 0.4) is 0 Å². The summed E-state index contributed by atoms with van der Waals surface area (Å²) in [7, 11) is 0. The van der Waals surface area contributed by atoms with Crippen molar-refractivity contribution in [3.05, 3.63) is 29.8 Å². The Morgan fingerprint density at radius 1 is 1.31 bits per heavy atom. The molecular weight excluding hydrogens is 223 g/mol. The standard InChI is InChI=1S/C10H12F3NO2/c11-10(12,13)16-9-4-2-1-3-7(9)8(14)5-6-15/h1-4,8,15H,5-6,14H2/t8-/m0/s1. The number of alkyl halides is 3. The molecule has 3 N–H and O–H groups in total. The van der Waals surface area contributed by atoms with Gasteiger partial charge < -0.3 is 15.6 Å². The molecule has 1 atom stereocenters. The Morgan fingerprint density at radius 3 is 2.50 bits per heavy atom. The minimum atomic E-state index is -4.74. The number of hydrogen-bond acceptors (Lipinski definition) is 3. The fraction of sp³-hybridized carbons (Fsp3) is 0.400. The topological polar surface area (TPSA) is 55.5 Å². The first kappa shape index (κ1) is 12.8. The highest BCUT2D eigenvalue weighted by atomic mass is 19.4. The molecule has 1 aromatic carbocycles. The smallest absolute Gasteiger partial charge is 0.405 e. The number of nitrogens with two attached hydrogens (primary N) is 1. The van der Waals surface area contributed by atoms with Crippen molar-refractivity contribution in [3.8, 4) is 5.75 Å². The van der Waals surface area contributed by atoms with Gasteiger partial charge in [0.25, 0.3) is 0 Å². The van der Waals surface area contributed by atoms with Crippen LogP contribution in [0.5, 0.6) is 5.75 Å². The summed E-state index contributed by atoms with van der Waals surface area (Å²) < 4.78 is 40.0. The van der Waals surface area contributed by atoms with Crippen molar-refractivity contribution in [1.29, 1.82) is 0 Å². The Hall–Kier alpha value is -1.27. The van der Waals surface area contributed by atoms with E-state index >= 15 is 0 Å². The minimum absolute atomic E-state index is 0.179. The Morgan fingerprint density at radius 2 is 1.94 bits per heavy atom. The third kappa shape index (κ3) is 3.71. The maximum Gasteiger partial charge on any atom is 0.573 e. The van der Waals surface area contributed by atoms with E-state index in [1.165, 1.54) is 18.2 Å². The predicted octanol–water partition coefficient (Wildman–Crippen LogP) is 1.97. The van der Waals surface area contributed by atoms with Crippen LogP contribution in [0.1, 0.15) is 18.0 Å². The van der Waals surface area contributed by atoms with Crippen LogP contribution in [0.2, 0.25) is 0 Å². The predicted molar refractivity (Wildman–Crippen MR) is 51.8 cm³/mol. The summed E-state index contributed by atoms with van der Waals surface area (Å²) in [4.78, 5) is 0. The Labute approximate surface area is 90.6 Å². The number of para-hydroxylation sites is 1. The summed E-state index contributed by atoms with van der Waals surface area (Å²) in [5.41, 5.74) is 5.85. The van der Waals surface area contributed by atoms with Gasteiger partial charge in [-0.25, -0.2) is 0 Å². The van der Waals surface area contributed by atoms with Crippen molar-refractivity contribution in [2.45, 2.75) is 18.8 Å². The molecule has 0 bridgehead atoms. The van der Waals surface area contributed by atoms with Gasteiger partial charge in [-0.2, -0.15) is 0 Å². The summed E-state index contributed by atoms with van der Waals surface area (Å²) in [5.74, 6) is -0.323. The zero-order chi connectivity index (χ0) is 12.2. The lowest BCUT2D eigenvalue weighted by molar-refractivity contribution is -0.275. The van der Waals surface area contributed by atoms with Crippen LogP contribution in [0.25, 0.3) is 0 Å². The molecule has 0 unspecified atom stereocenters. The molecular formula is C10H12F3NO2. The lowest BCUT2D eigenvalue weighted by Crippen LogP contribution is -2.20. The van der Waals surface area contributed by atoms with Crippen LogP contribution < -0.4 is 10.5 Å². The van der Waals surface area contributed by atoms with Crippen LogP contribution in [0, 0.1) is 0 Å². The number of aliphatic hydroxyl groups excluding tert-OH is 1. The lowest BCUT2D eigenvalue weighted by Gasteiger charge is -2.17. The van der Waals surface area contributed by atoms with Crippen molar-refractivity contribution in [2.75, 3.05) is 6.61 Å². The number of aliphatic hydroxyl groups is 1. The molecule has 0 heterocycles. The number of ether oxygens (including phenoxy) is 1. The molecule has 3 nitrogen and oxygen atoms in total. The van der Waals surface area contributed by atoms with Gasteiger partial charge in [0.15, 0.2) is 0 Å². The van der Waals surface area contributed by atoms with Gasteiger partial charge in [-0.15, -0.1) is 13.2 Å². The molecule has 0 amide bonds. The van der Waals surface area contributed by atoms with E-state index < -0.39 is 12.4 Å². The van der Waals surface area contributed by atoms with Crippen LogP contribution in [-0.4, -0.2) is 18.1 Å². The molecule has 0 aliphatic rings. The maximum absolute atomic E-state index is 12.1. The highest BCUT2D eigenvalue weighted by Crippen LogP contribution is 2.30. The lowest BCUT2D eigenvalue weighted by atomic mass is 10.0. The number of halogens is 3. The zero-order valence-corrected chi connectivity index (χ0v) is 8.37. The SMILES string of the molecule is N[C@@H](CCO)c1ccccc1OC(F)(F)F. The van der Waals surface area contributed by atoms with Gasteiger partial charge in [0.1, 0.15) is 5.75 Å². The van der Waals surface area contributed by atoms with Gasteiger partial charge in [0.05, 0.1) is 0 Å². The molecule has 1 rings (SSSR count). The van der Waals surface area contributed by atoms with Crippen molar-refractivity contribution >= 4 is 0 Å². The molecule has 0 aliphatic carbocycles. The summed E-state index contributed by atoms with van der Waals surface area (Å²) in [5, 5.41) is 8.68. The van der Waals surface area contributed by atoms with Gasteiger partial charge in [-0.05, 0) is 12.5 Å². The molecule has 0 aliphatic heterocycles. The zero-order valence-electron chi connectivity index (χ0n) is 8.37. The van der Waals surface area contributed by atoms with E-state index in [-0.39, 0.29) is 24.3 Å². The second-order valence-electron chi connectivity index (χ2n) is 3.20. The summed E-state index contributed by atoms with van der Waals surface area (Å²) in [6.45, 7) is -0.193. The van der Waals surface area contributed by atoms with Gasteiger partial charge in [-0.1, -0.05) is 18.2 Å². The molecule has 0 saturated heterocycles. The maximum atomic E-state index is 12.1. The summed E-state index contributed by atoms with van der Waals surface area (Å²) >= 11 is 0. The summed E-state index contributed by atoms with van der Waals surface area (Å²) in [6, 6.07) is 4.96. The first-order chi connectivity index (χ1) is 7.44. The van der Waals surface area contributed by atoms with E-state index in [0.29, 0.717) is 0 Å².